The third-order valence-electron chi connectivity index (χ3n) is 7.27. The lowest BCUT2D eigenvalue weighted by Crippen LogP contribution is -2.47. The van der Waals surface area contributed by atoms with Gasteiger partial charge >= 0.3 is 0 Å². The van der Waals surface area contributed by atoms with E-state index in [1.807, 2.05) is 54.4 Å². The van der Waals surface area contributed by atoms with E-state index in [2.05, 4.69) is 4.90 Å². The number of likely N-dealkylation sites (N-methyl/N-ethyl adjacent to an activating group) is 1. The molecule has 8 nitrogen and oxygen atoms in total. The Kier molecular flexibility index (Phi) is 6.32. The summed E-state index contributed by atoms with van der Waals surface area (Å²) in [6.45, 7) is 2.82. The summed E-state index contributed by atoms with van der Waals surface area (Å²) < 4.78 is 35.4. The number of imidazole rings is 1. The van der Waals surface area contributed by atoms with E-state index in [-0.39, 0.29) is 22.4 Å². The van der Waals surface area contributed by atoms with Gasteiger partial charge in [0.1, 0.15) is 10.6 Å². The van der Waals surface area contributed by atoms with Gasteiger partial charge < -0.3 is 14.5 Å². The van der Waals surface area contributed by atoms with Gasteiger partial charge in [0, 0.05) is 37.3 Å². The summed E-state index contributed by atoms with van der Waals surface area (Å²) in [6.07, 6.45) is 0. The molecule has 0 radical (unpaired) electrons. The number of piperazine rings is 1. The molecule has 5 aromatic rings. The van der Waals surface area contributed by atoms with Crippen molar-refractivity contribution in [2.45, 2.75) is 4.90 Å². The molecule has 1 aliphatic rings. The van der Waals surface area contributed by atoms with Gasteiger partial charge in [0.2, 0.25) is 0 Å². The van der Waals surface area contributed by atoms with Crippen LogP contribution in [-0.4, -0.2) is 73.4 Å². The summed E-state index contributed by atoms with van der Waals surface area (Å²) >= 11 is 0. The van der Waals surface area contributed by atoms with Crippen LogP contribution in [0, 0.1) is 0 Å². The zero-order chi connectivity index (χ0) is 27.1. The van der Waals surface area contributed by atoms with E-state index in [0.717, 1.165) is 23.9 Å². The number of carbonyl (C=O) groups is 1. The van der Waals surface area contributed by atoms with Gasteiger partial charge in [-0.1, -0.05) is 54.6 Å². The Morgan fingerprint density at radius 1 is 0.872 bits per heavy atom. The largest absolute Gasteiger partial charge is 0.495 e. The van der Waals surface area contributed by atoms with E-state index < -0.39 is 10.0 Å². The van der Waals surface area contributed by atoms with Gasteiger partial charge in [-0.05, 0) is 48.2 Å². The minimum Gasteiger partial charge on any atom is -0.495 e. The Hall–Kier alpha value is -4.21. The highest BCUT2D eigenvalue weighted by Gasteiger charge is 2.30. The average molecular weight is 541 g/mol. The van der Waals surface area contributed by atoms with Crippen molar-refractivity contribution in [2.75, 3.05) is 40.3 Å². The third-order valence-corrected chi connectivity index (χ3v) is 9.01. The number of amides is 1. The number of rotatable bonds is 5. The predicted octanol–water partition coefficient (Wildman–Crippen LogP) is 4.49. The number of carbonyl (C=O) groups excluding carboxylic acids is 1. The minimum atomic E-state index is -4.19. The molecule has 2 heterocycles. The number of aromatic nitrogens is 2. The van der Waals surface area contributed by atoms with Crippen LogP contribution in [0.3, 0.4) is 0 Å². The molecule has 0 bridgehead atoms. The van der Waals surface area contributed by atoms with Crippen LogP contribution in [0.25, 0.3) is 33.2 Å². The number of hydrogen-bond donors (Lipinski definition) is 0. The molecule has 0 unspecified atom stereocenters. The molecule has 0 saturated carbocycles. The first-order valence-electron chi connectivity index (χ1n) is 12.8. The van der Waals surface area contributed by atoms with Gasteiger partial charge in [-0.25, -0.2) is 17.4 Å². The molecule has 6 rings (SSSR count). The van der Waals surface area contributed by atoms with Crippen molar-refractivity contribution < 1.29 is 17.9 Å². The van der Waals surface area contributed by atoms with Gasteiger partial charge in [0.05, 0.1) is 18.1 Å². The Labute approximate surface area is 227 Å². The smallest absolute Gasteiger partial charge is 0.273 e. The standard InChI is InChI=1S/C30H28N4O4S/c1-32-16-18-33(19-17-32)30(35)22-14-15-25-26(20-22)34(39(36,37)28-13-6-5-12-27(28)38-2)29(31-25)24-11-7-9-21-8-3-4-10-23(21)24/h3-15,20H,16-19H2,1-2H3. The summed E-state index contributed by atoms with van der Waals surface area (Å²) in [5.74, 6) is 0.379. The normalized spacial score (nSPS) is 14.7. The molecule has 1 aliphatic heterocycles. The average Bonchev–Trinajstić information content (AvgIpc) is 3.36. The van der Waals surface area contributed by atoms with Crippen LogP contribution in [-0.2, 0) is 10.0 Å². The number of methoxy groups -OCH3 is 1. The molecular weight excluding hydrogens is 512 g/mol. The molecule has 1 amide bonds. The highest BCUT2D eigenvalue weighted by molar-refractivity contribution is 7.90. The highest BCUT2D eigenvalue weighted by Crippen LogP contribution is 2.36. The lowest BCUT2D eigenvalue weighted by atomic mass is 10.0. The fourth-order valence-electron chi connectivity index (χ4n) is 5.14. The number of nitrogens with zero attached hydrogens (tertiary/aromatic N) is 4. The molecular formula is C30H28N4O4S. The van der Waals surface area contributed by atoms with Crippen molar-refractivity contribution in [3.63, 3.8) is 0 Å². The van der Waals surface area contributed by atoms with Gasteiger partial charge in [-0.3, -0.25) is 4.79 Å². The van der Waals surface area contributed by atoms with Gasteiger partial charge in [-0.2, -0.15) is 0 Å². The fourth-order valence-corrected chi connectivity index (χ4v) is 6.77. The summed E-state index contributed by atoms with van der Waals surface area (Å²) in [5, 5.41) is 1.84. The molecule has 0 N–H and O–H groups in total. The van der Waals surface area contributed by atoms with Crippen LogP contribution in [0.4, 0.5) is 0 Å². The van der Waals surface area contributed by atoms with Crippen LogP contribution in [0.15, 0.2) is 89.8 Å². The van der Waals surface area contributed by atoms with Gasteiger partial charge in [0.25, 0.3) is 15.9 Å². The number of fused-ring (bicyclic) bond motifs is 2. The van der Waals surface area contributed by atoms with E-state index in [4.69, 9.17) is 9.72 Å². The molecule has 0 spiro atoms. The maximum absolute atomic E-state index is 14.4. The third kappa shape index (κ3) is 4.33. The minimum absolute atomic E-state index is 0.0177. The van der Waals surface area contributed by atoms with E-state index in [1.54, 1.807) is 36.4 Å². The van der Waals surface area contributed by atoms with Crippen molar-refractivity contribution in [3.8, 4) is 17.1 Å². The number of benzene rings is 4. The van der Waals surface area contributed by atoms with E-state index in [0.29, 0.717) is 35.2 Å². The van der Waals surface area contributed by atoms with Crippen molar-refractivity contribution in [1.29, 1.82) is 0 Å². The molecule has 1 aromatic heterocycles. The van der Waals surface area contributed by atoms with Crippen molar-refractivity contribution in [2.24, 2.45) is 0 Å². The first kappa shape index (κ1) is 25.1. The number of hydrogen-bond acceptors (Lipinski definition) is 6. The van der Waals surface area contributed by atoms with Gasteiger partial charge in [0.15, 0.2) is 5.82 Å². The second kappa shape index (κ2) is 9.83. The van der Waals surface area contributed by atoms with E-state index in [1.165, 1.54) is 17.1 Å². The van der Waals surface area contributed by atoms with Crippen molar-refractivity contribution >= 4 is 37.7 Å². The first-order valence-corrected chi connectivity index (χ1v) is 14.2. The Bertz CT molecular complexity index is 1820. The Morgan fingerprint density at radius 2 is 1.59 bits per heavy atom. The zero-order valence-electron chi connectivity index (χ0n) is 21.7. The fraction of sp³-hybridized carbons (Fsp3) is 0.200. The molecule has 198 valence electrons. The van der Waals surface area contributed by atoms with Crippen LogP contribution in [0.1, 0.15) is 10.4 Å². The second-order valence-corrected chi connectivity index (χ2v) is 11.4. The zero-order valence-corrected chi connectivity index (χ0v) is 22.6. The topological polar surface area (TPSA) is 84.7 Å². The van der Waals surface area contributed by atoms with Crippen LogP contribution in [0.2, 0.25) is 0 Å². The molecule has 4 aromatic carbocycles. The highest BCUT2D eigenvalue weighted by atomic mass is 32.2. The van der Waals surface area contributed by atoms with E-state index in [9.17, 15) is 13.2 Å². The Balaban J connectivity index is 1.61. The molecule has 1 saturated heterocycles. The summed E-state index contributed by atoms with van der Waals surface area (Å²) in [4.78, 5) is 22.3. The maximum atomic E-state index is 14.4. The SMILES string of the molecule is COc1ccccc1S(=O)(=O)n1c(-c2cccc3ccccc23)nc2ccc(C(=O)N3CCN(C)CC3)cc21. The summed E-state index contributed by atoms with van der Waals surface area (Å²) in [7, 11) is -0.714. The number of ether oxygens (including phenoxy) is 1. The monoisotopic (exact) mass is 540 g/mol. The van der Waals surface area contributed by atoms with Crippen LogP contribution < -0.4 is 4.74 Å². The number of para-hydroxylation sites is 1. The maximum Gasteiger partial charge on any atom is 0.273 e. The lowest BCUT2D eigenvalue weighted by Gasteiger charge is -2.32. The van der Waals surface area contributed by atoms with Crippen LogP contribution in [0.5, 0.6) is 5.75 Å². The van der Waals surface area contributed by atoms with Crippen molar-refractivity contribution in [1.82, 2.24) is 18.8 Å². The summed E-state index contributed by atoms with van der Waals surface area (Å²) in [5.41, 5.74) is 1.91. The molecule has 9 heteroatoms. The predicted molar refractivity (Wildman–Crippen MR) is 152 cm³/mol. The van der Waals surface area contributed by atoms with Crippen molar-refractivity contribution in [3.05, 3.63) is 90.5 Å². The Morgan fingerprint density at radius 3 is 2.38 bits per heavy atom. The molecule has 0 aliphatic carbocycles. The molecule has 39 heavy (non-hydrogen) atoms. The first-order chi connectivity index (χ1) is 18.9. The molecule has 1 fully saturated rings. The molecule has 0 atom stereocenters. The quantitative estimate of drug-likeness (QED) is 0.327. The second-order valence-electron chi connectivity index (χ2n) is 9.68. The van der Waals surface area contributed by atoms with Crippen LogP contribution >= 0.6 is 0 Å². The van der Waals surface area contributed by atoms with E-state index >= 15 is 0 Å². The van der Waals surface area contributed by atoms with Gasteiger partial charge in [-0.15, -0.1) is 0 Å². The summed E-state index contributed by atoms with van der Waals surface area (Å²) in [6, 6.07) is 25.1. The lowest BCUT2D eigenvalue weighted by molar-refractivity contribution is 0.0664.